The Hall–Kier alpha value is -2.55. The van der Waals surface area contributed by atoms with Crippen LogP contribution in [0.3, 0.4) is 0 Å². The zero-order chi connectivity index (χ0) is 14.2. The number of halogens is 1. The number of hydrogen-bond donors (Lipinski definition) is 2. The van der Waals surface area contributed by atoms with Crippen molar-refractivity contribution in [3.63, 3.8) is 0 Å². The summed E-state index contributed by atoms with van der Waals surface area (Å²) in [7, 11) is 0. The number of carbonyl (C=O) groups is 1. The molecule has 0 aliphatic rings. The number of nitro benzene ring substituents is 1. The van der Waals surface area contributed by atoms with Crippen LogP contribution in [-0.4, -0.2) is 21.0 Å². The van der Waals surface area contributed by atoms with Crippen molar-refractivity contribution in [1.82, 2.24) is 4.98 Å². The third kappa shape index (κ3) is 2.36. The van der Waals surface area contributed by atoms with Gasteiger partial charge in [-0.2, -0.15) is 0 Å². The van der Waals surface area contributed by atoms with Gasteiger partial charge >= 0.3 is 5.97 Å². The van der Waals surface area contributed by atoms with Gasteiger partial charge in [-0.3, -0.25) is 10.1 Å². The lowest BCUT2D eigenvalue weighted by Crippen LogP contribution is -2.00. The lowest BCUT2D eigenvalue weighted by Gasteiger charge is -1.98. The van der Waals surface area contributed by atoms with Crippen molar-refractivity contribution in [3.05, 3.63) is 39.8 Å². The summed E-state index contributed by atoms with van der Waals surface area (Å²) < 4.78 is 13.7. The molecule has 0 aliphatic heterocycles. The van der Waals surface area contributed by atoms with Crippen LogP contribution < -0.4 is 5.73 Å². The third-order valence-corrected chi connectivity index (χ3v) is 3.17. The molecule has 1 aromatic carbocycles. The second-order valence-corrected chi connectivity index (χ2v) is 4.49. The largest absolute Gasteiger partial charge is 0.476 e. The molecule has 1 aromatic heterocycles. The summed E-state index contributed by atoms with van der Waals surface area (Å²) >= 11 is 0.800. The fourth-order valence-corrected chi connectivity index (χ4v) is 2.24. The van der Waals surface area contributed by atoms with Crippen molar-refractivity contribution in [2.45, 2.75) is 0 Å². The fourth-order valence-electron chi connectivity index (χ4n) is 1.39. The molecule has 19 heavy (non-hydrogen) atoms. The molecule has 0 unspecified atom stereocenters. The van der Waals surface area contributed by atoms with E-state index >= 15 is 0 Å². The third-order valence-electron chi connectivity index (χ3n) is 2.25. The normalized spacial score (nSPS) is 10.4. The van der Waals surface area contributed by atoms with Crippen LogP contribution in [-0.2, 0) is 0 Å². The van der Waals surface area contributed by atoms with Gasteiger partial charge < -0.3 is 10.8 Å². The summed E-state index contributed by atoms with van der Waals surface area (Å²) in [6.07, 6.45) is 0. The van der Waals surface area contributed by atoms with Crippen LogP contribution in [0.25, 0.3) is 10.6 Å². The maximum Gasteiger partial charge on any atom is 0.357 e. The van der Waals surface area contributed by atoms with Gasteiger partial charge in [-0.1, -0.05) is 11.3 Å². The van der Waals surface area contributed by atoms with Crippen LogP contribution in [0.1, 0.15) is 10.5 Å². The fraction of sp³-hybridized carbons (Fsp3) is 0. The smallest absolute Gasteiger partial charge is 0.357 e. The Bertz CT molecular complexity index is 685. The summed E-state index contributed by atoms with van der Waals surface area (Å²) in [6.45, 7) is 0. The molecule has 0 saturated heterocycles. The van der Waals surface area contributed by atoms with Crippen molar-refractivity contribution >= 4 is 28.0 Å². The van der Waals surface area contributed by atoms with Crippen molar-refractivity contribution in [1.29, 1.82) is 0 Å². The summed E-state index contributed by atoms with van der Waals surface area (Å²) in [5.41, 5.74) is 4.66. The minimum Gasteiger partial charge on any atom is -0.476 e. The molecule has 98 valence electrons. The number of aromatic nitrogens is 1. The first kappa shape index (κ1) is 12.9. The van der Waals surface area contributed by atoms with Crippen LogP contribution in [0.5, 0.6) is 0 Å². The number of thiazole rings is 1. The van der Waals surface area contributed by atoms with Crippen molar-refractivity contribution in [2.75, 3.05) is 5.73 Å². The van der Waals surface area contributed by atoms with Crippen LogP contribution in [0.4, 0.5) is 15.1 Å². The Morgan fingerprint density at radius 1 is 1.53 bits per heavy atom. The number of nitrogen functional groups attached to an aromatic ring is 1. The van der Waals surface area contributed by atoms with Crippen LogP contribution in [0.2, 0.25) is 0 Å². The molecule has 0 fully saturated rings. The highest BCUT2D eigenvalue weighted by atomic mass is 32.1. The number of nitrogens with zero attached hydrogens (tertiary/aromatic N) is 2. The van der Waals surface area contributed by atoms with Gasteiger partial charge in [0, 0.05) is 11.6 Å². The summed E-state index contributed by atoms with van der Waals surface area (Å²) in [5.74, 6) is -2.18. The van der Waals surface area contributed by atoms with Gasteiger partial charge in [0.1, 0.15) is 15.8 Å². The monoisotopic (exact) mass is 283 g/mol. The van der Waals surface area contributed by atoms with Crippen LogP contribution in [0.15, 0.2) is 18.2 Å². The molecule has 1 heterocycles. The molecule has 0 spiro atoms. The molecular weight excluding hydrogens is 277 g/mol. The first-order valence-electron chi connectivity index (χ1n) is 4.84. The van der Waals surface area contributed by atoms with E-state index < -0.39 is 22.4 Å². The number of anilines is 1. The first-order chi connectivity index (χ1) is 8.90. The number of carboxylic acid groups (broad SMARTS) is 1. The molecule has 0 aliphatic carbocycles. The average molecular weight is 283 g/mol. The lowest BCUT2D eigenvalue weighted by atomic mass is 10.2. The summed E-state index contributed by atoms with van der Waals surface area (Å²) in [6, 6.07) is 3.02. The van der Waals surface area contributed by atoms with E-state index in [1.54, 1.807) is 0 Å². The number of non-ortho nitro benzene ring substituents is 1. The maximum atomic E-state index is 13.7. The highest BCUT2D eigenvalue weighted by Crippen LogP contribution is 2.32. The van der Waals surface area contributed by atoms with Crippen molar-refractivity contribution < 1.29 is 19.2 Å². The summed E-state index contributed by atoms with van der Waals surface area (Å²) in [4.78, 5) is 24.2. The van der Waals surface area contributed by atoms with Gasteiger partial charge in [0.15, 0.2) is 5.69 Å². The predicted molar refractivity (Wildman–Crippen MR) is 65.5 cm³/mol. The molecule has 0 atom stereocenters. The first-order valence-corrected chi connectivity index (χ1v) is 5.65. The minimum atomic E-state index is -1.32. The number of hydrogen-bond acceptors (Lipinski definition) is 6. The topological polar surface area (TPSA) is 119 Å². The summed E-state index contributed by atoms with van der Waals surface area (Å²) in [5, 5.41) is 19.3. The number of carboxylic acids is 1. The lowest BCUT2D eigenvalue weighted by molar-refractivity contribution is -0.385. The second-order valence-electron chi connectivity index (χ2n) is 3.46. The highest BCUT2D eigenvalue weighted by Gasteiger charge is 2.19. The van der Waals surface area contributed by atoms with Gasteiger partial charge in [-0.05, 0) is 6.07 Å². The Morgan fingerprint density at radius 3 is 2.68 bits per heavy atom. The zero-order valence-corrected chi connectivity index (χ0v) is 9.98. The van der Waals surface area contributed by atoms with E-state index in [-0.39, 0.29) is 21.3 Å². The van der Waals surface area contributed by atoms with Crippen molar-refractivity contribution in [3.8, 4) is 10.6 Å². The van der Waals surface area contributed by atoms with E-state index in [0.717, 1.165) is 29.5 Å². The maximum absolute atomic E-state index is 13.7. The molecule has 0 bridgehead atoms. The van der Waals surface area contributed by atoms with E-state index in [9.17, 15) is 19.3 Å². The quantitative estimate of drug-likeness (QED) is 0.657. The van der Waals surface area contributed by atoms with Gasteiger partial charge in [0.25, 0.3) is 5.69 Å². The number of aromatic carboxylic acids is 1. The number of rotatable bonds is 3. The Morgan fingerprint density at radius 2 is 2.21 bits per heavy atom. The number of nitrogens with two attached hydrogens (primary N) is 1. The van der Waals surface area contributed by atoms with E-state index in [1.165, 1.54) is 0 Å². The van der Waals surface area contributed by atoms with E-state index in [2.05, 4.69) is 4.98 Å². The molecule has 0 amide bonds. The standard InChI is InChI=1S/C10H6FN3O4S/c11-6-3-4(14(17)18)1-2-5(6)9-13-7(10(15)16)8(12)19-9/h1-3H,12H2,(H,15,16). The Balaban J connectivity index is 2.50. The van der Waals surface area contributed by atoms with Crippen molar-refractivity contribution in [2.24, 2.45) is 0 Å². The number of nitro groups is 1. The molecule has 7 nitrogen and oxygen atoms in total. The van der Waals surface area contributed by atoms with Gasteiger partial charge in [0.2, 0.25) is 0 Å². The van der Waals surface area contributed by atoms with E-state index in [0.29, 0.717) is 0 Å². The second kappa shape index (κ2) is 4.61. The predicted octanol–water partition coefficient (Wildman–Crippen LogP) is 2.14. The van der Waals surface area contributed by atoms with Gasteiger partial charge in [0.05, 0.1) is 11.0 Å². The van der Waals surface area contributed by atoms with Gasteiger partial charge in [-0.15, -0.1) is 0 Å². The average Bonchev–Trinajstić information content (AvgIpc) is 2.71. The molecule has 0 radical (unpaired) electrons. The Labute approximate surface area is 109 Å². The number of benzene rings is 1. The Kier molecular flexibility index (Phi) is 3.13. The highest BCUT2D eigenvalue weighted by molar-refractivity contribution is 7.19. The molecule has 3 N–H and O–H groups in total. The molecule has 2 rings (SSSR count). The molecule has 0 saturated carbocycles. The molecule has 9 heteroatoms. The van der Waals surface area contributed by atoms with E-state index in [1.807, 2.05) is 0 Å². The molecular formula is C10H6FN3O4S. The molecule has 2 aromatic rings. The SMILES string of the molecule is Nc1sc(-c2ccc([N+](=O)[O-])cc2F)nc1C(=O)O. The van der Waals surface area contributed by atoms with Gasteiger partial charge in [-0.25, -0.2) is 14.2 Å². The zero-order valence-electron chi connectivity index (χ0n) is 9.16. The minimum absolute atomic E-state index is 0.0326. The van der Waals surface area contributed by atoms with Crippen LogP contribution >= 0.6 is 11.3 Å². The van der Waals surface area contributed by atoms with E-state index in [4.69, 9.17) is 10.8 Å². The van der Waals surface area contributed by atoms with Crippen LogP contribution in [0, 0.1) is 15.9 Å².